The van der Waals surface area contributed by atoms with E-state index < -0.39 is 5.60 Å². The van der Waals surface area contributed by atoms with Gasteiger partial charge in [-0.3, -0.25) is 0 Å². The summed E-state index contributed by atoms with van der Waals surface area (Å²) in [4.78, 5) is 27.4. The topological polar surface area (TPSA) is 59.0 Å². The van der Waals surface area contributed by atoms with Crippen LogP contribution in [-0.4, -0.2) is 41.3 Å². The molecule has 3 fully saturated rings. The SMILES string of the molecule is CC(C)(C)OC(=O)N1C[C@@H]2C[C@H]1[C@@H]2N=C=O. The highest BCUT2D eigenvalue weighted by molar-refractivity contribution is 5.70. The number of nitrogens with zero attached hydrogens (tertiary/aromatic N) is 2. The van der Waals surface area contributed by atoms with Gasteiger partial charge < -0.3 is 9.64 Å². The first-order valence-corrected chi connectivity index (χ1v) is 5.49. The van der Waals surface area contributed by atoms with E-state index >= 15 is 0 Å². The third-order valence-electron chi connectivity index (χ3n) is 3.08. The number of rotatable bonds is 1. The standard InChI is InChI=1S/C11H16N2O3/c1-11(2,3)16-10(15)13-5-7-4-8(13)9(7)12-6-14/h7-9H,4-5H2,1-3H3/t7-,8-,9+/m0/s1. The number of carbonyl (C=O) groups excluding carboxylic acids is 2. The molecule has 3 aliphatic rings. The first-order valence-electron chi connectivity index (χ1n) is 5.49. The molecule has 16 heavy (non-hydrogen) atoms. The molecule has 3 atom stereocenters. The van der Waals surface area contributed by atoms with Gasteiger partial charge in [0.15, 0.2) is 0 Å². The van der Waals surface area contributed by atoms with Crippen LogP contribution in [0, 0.1) is 5.92 Å². The lowest BCUT2D eigenvalue weighted by molar-refractivity contribution is 0.0235. The summed E-state index contributed by atoms with van der Waals surface area (Å²) in [5, 5.41) is 0. The molecule has 2 aliphatic heterocycles. The van der Waals surface area contributed by atoms with Gasteiger partial charge in [0.25, 0.3) is 0 Å². The number of isocyanates is 1. The molecule has 1 amide bonds. The highest BCUT2D eigenvalue weighted by Crippen LogP contribution is 2.43. The average Bonchev–Trinajstić information content (AvgIpc) is 2.68. The minimum Gasteiger partial charge on any atom is -0.444 e. The largest absolute Gasteiger partial charge is 0.444 e. The molecule has 3 rings (SSSR count). The molecule has 5 heteroatoms. The Morgan fingerprint density at radius 2 is 2.19 bits per heavy atom. The Morgan fingerprint density at radius 1 is 1.50 bits per heavy atom. The third kappa shape index (κ3) is 1.83. The summed E-state index contributed by atoms with van der Waals surface area (Å²) >= 11 is 0. The Labute approximate surface area is 94.5 Å². The predicted molar refractivity (Wildman–Crippen MR) is 56.7 cm³/mol. The number of hydrogen-bond donors (Lipinski definition) is 0. The zero-order chi connectivity index (χ0) is 11.9. The first-order chi connectivity index (χ1) is 7.42. The van der Waals surface area contributed by atoms with E-state index in [1.54, 1.807) is 11.0 Å². The van der Waals surface area contributed by atoms with Crippen LogP contribution in [0.2, 0.25) is 0 Å². The maximum absolute atomic E-state index is 11.8. The van der Waals surface area contributed by atoms with Crippen LogP contribution in [0.4, 0.5) is 4.79 Å². The minimum absolute atomic E-state index is 0.0429. The highest BCUT2D eigenvalue weighted by atomic mass is 16.6. The maximum Gasteiger partial charge on any atom is 0.410 e. The summed E-state index contributed by atoms with van der Waals surface area (Å²) < 4.78 is 5.29. The van der Waals surface area contributed by atoms with Crippen LogP contribution in [-0.2, 0) is 9.53 Å². The lowest BCUT2D eigenvalue weighted by Gasteiger charge is -2.32. The first kappa shape index (κ1) is 11.1. The second-order valence-corrected chi connectivity index (χ2v) is 5.41. The molecular weight excluding hydrogens is 208 g/mol. The van der Waals surface area contributed by atoms with Crippen LogP contribution < -0.4 is 0 Å². The molecular formula is C11H16N2O3. The summed E-state index contributed by atoms with van der Waals surface area (Å²) in [7, 11) is 0. The van der Waals surface area contributed by atoms with Crippen molar-refractivity contribution < 1.29 is 14.3 Å². The van der Waals surface area contributed by atoms with Gasteiger partial charge in [-0.05, 0) is 27.2 Å². The Bertz CT molecular complexity index is 355. The van der Waals surface area contributed by atoms with Crippen molar-refractivity contribution in [3.63, 3.8) is 0 Å². The van der Waals surface area contributed by atoms with E-state index in [0.717, 1.165) is 6.42 Å². The predicted octanol–water partition coefficient (Wildman–Crippen LogP) is 1.33. The molecule has 0 N–H and O–H groups in total. The van der Waals surface area contributed by atoms with E-state index in [9.17, 15) is 9.59 Å². The molecule has 1 aliphatic carbocycles. The van der Waals surface area contributed by atoms with E-state index in [1.807, 2.05) is 20.8 Å². The number of amides is 1. The molecule has 0 aromatic rings. The molecule has 0 unspecified atom stereocenters. The van der Waals surface area contributed by atoms with Crippen LogP contribution >= 0.6 is 0 Å². The van der Waals surface area contributed by atoms with Gasteiger partial charge in [0, 0.05) is 12.5 Å². The van der Waals surface area contributed by atoms with E-state index in [2.05, 4.69) is 4.99 Å². The summed E-state index contributed by atoms with van der Waals surface area (Å²) in [5.41, 5.74) is -0.479. The van der Waals surface area contributed by atoms with Gasteiger partial charge in [-0.25, -0.2) is 14.6 Å². The molecule has 0 aromatic heterocycles. The number of aliphatic imine (C=N–C) groups is 1. The van der Waals surface area contributed by atoms with Crippen LogP contribution in [0.25, 0.3) is 0 Å². The Balaban J connectivity index is 1.99. The number of ether oxygens (including phenoxy) is 1. The number of hydrogen-bond acceptors (Lipinski definition) is 4. The molecule has 2 heterocycles. The second kappa shape index (κ2) is 3.59. The lowest BCUT2D eigenvalue weighted by Crippen LogP contribution is -2.45. The third-order valence-corrected chi connectivity index (χ3v) is 3.08. The van der Waals surface area contributed by atoms with Gasteiger partial charge in [-0.15, -0.1) is 0 Å². The van der Waals surface area contributed by atoms with Crippen LogP contribution in [0.1, 0.15) is 27.2 Å². The molecule has 0 spiro atoms. The molecule has 88 valence electrons. The number of fused-ring (bicyclic) bond motifs is 1. The zero-order valence-corrected chi connectivity index (χ0v) is 9.77. The van der Waals surface area contributed by atoms with Gasteiger partial charge in [0.1, 0.15) is 5.60 Å². The molecule has 2 saturated heterocycles. The minimum atomic E-state index is -0.479. The van der Waals surface area contributed by atoms with E-state index in [-0.39, 0.29) is 18.2 Å². The molecule has 0 aromatic carbocycles. The fourth-order valence-electron chi connectivity index (χ4n) is 2.37. The van der Waals surface area contributed by atoms with Crippen molar-refractivity contribution in [2.24, 2.45) is 10.9 Å². The Kier molecular flexibility index (Phi) is 2.50. The second-order valence-electron chi connectivity index (χ2n) is 5.41. The van der Waals surface area contributed by atoms with Gasteiger partial charge in [-0.2, -0.15) is 0 Å². The van der Waals surface area contributed by atoms with Crippen molar-refractivity contribution in [2.75, 3.05) is 6.54 Å². The van der Waals surface area contributed by atoms with Crippen molar-refractivity contribution in [3.8, 4) is 0 Å². The Hall–Kier alpha value is -1.35. The maximum atomic E-state index is 11.8. The van der Waals surface area contributed by atoms with Gasteiger partial charge in [0.2, 0.25) is 6.08 Å². The fraction of sp³-hybridized carbons (Fsp3) is 0.818. The molecule has 2 bridgehead atoms. The molecule has 1 saturated carbocycles. The van der Waals surface area contributed by atoms with Crippen molar-refractivity contribution in [1.29, 1.82) is 0 Å². The van der Waals surface area contributed by atoms with Crippen molar-refractivity contribution in [2.45, 2.75) is 44.9 Å². The summed E-state index contributed by atoms with van der Waals surface area (Å²) in [6.45, 7) is 6.17. The normalized spacial score (nSPS) is 31.7. The molecule has 5 nitrogen and oxygen atoms in total. The highest BCUT2D eigenvalue weighted by Gasteiger charge is 2.55. The van der Waals surface area contributed by atoms with Gasteiger partial charge in [-0.1, -0.05) is 0 Å². The fourth-order valence-corrected chi connectivity index (χ4v) is 2.37. The average molecular weight is 224 g/mol. The molecule has 0 radical (unpaired) electrons. The van der Waals surface area contributed by atoms with E-state index in [1.165, 1.54) is 0 Å². The zero-order valence-electron chi connectivity index (χ0n) is 9.77. The summed E-state index contributed by atoms with van der Waals surface area (Å²) in [6.07, 6.45) is 2.20. The van der Waals surface area contributed by atoms with Crippen LogP contribution in [0.3, 0.4) is 0 Å². The van der Waals surface area contributed by atoms with Crippen molar-refractivity contribution >= 4 is 12.2 Å². The smallest absolute Gasteiger partial charge is 0.410 e. The summed E-state index contributed by atoms with van der Waals surface area (Å²) in [6, 6.07) is -0.00804. The van der Waals surface area contributed by atoms with Crippen molar-refractivity contribution in [3.05, 3.63) is 0 Å². The monoisotopic (exact) mass is 224 g/mol. The van der Waals surface area contributed by atoms with E-state index in [4.69, 9.17) is 4.74 Å². The quantitative estimate of drug-likeness (QED) is 0.498. The van der Waals surface area contributed by atoms with Crippen LogP contribution in [0.15, 0.2) is 4.99 Å². The van der Waals surface area contributed by atoms with Crippen LogP contribution in [0.5, 0.6) is 0 Å². The van der Waals surface area contributed by atoms with Gasteiger partial charge >= 0.3 is 6.09 Å². The number of carbonyl (C=O) groups is 1. The summed E-state index contributed by atoms with van der Waals surface area (Å²) in [5.74, 6) is 0.318. The Morgan fingerprint density at radius 3 is 2.75 bits per heavy atom. The lowest BCUT2D eigenvalue weighted by atomic mass is 9.80. The van der Waals surface area contributed by atoms with E-state index in [0.29, 0.717) is 12.5 Å². The van der Waals surface area contributed by atoms with Gasteiger partial charge in [0.05, 0.1) is 12.1 Å². The van der Waals surface area contributed by atoms with Crippen molar-refractivity contribution in [1.82, 2.24) is 4.90 Å².